The first-order valence-electron chi connectivity index (χ1n) is 12.2. The van der Waals surface area contributed by atoms with E-state index in [9.17, 15) is 8.78 Å². The molecule has 29 heavy (non-hydrogen) atoms. The molecule has 0 amide bonds. The summed E-state index contributed by atoms with van der Waals surface area (Å²) >= 11 is 0. The van der Waals surface area contributed by atoms with Crippen LogP contribution in [-0.2, 0) is 0 Å². The van der Waals surface area contributed by atoms with Gasteiger partial charge in [0.1, 0.15) is 0 Å². The average molecular weight is 407 g/mol. The minimum Gasteiger partial charge on any atom is -0.490 e. The van der Waals surface area contributed by atoms with Gasteiger partial charge in [-0.15, -0.1) is 0 Å². The molecule has 0 bridgehead atoms. The van der Waals surface area contributed by atoms with Crippen molar-refractivity contribution < 1.29 is 13.5 Å². The molecule has 3 rings (SSSR count). The Morgan fingerprint density at radius 1 is 0.897 bits per heavy atom. The highest BCUT2D eigenvalue weighted by Crippen LogP contribution is 2.47. The van der Waals surface area contributed by atoms with Crippen LogP contribution in [-0.4, -0.2) is 6.61 Å². The molecule has 1 aromatic carbocycles. The van der Waals surface area contributed by atoms with E-state index in [4.69, 9.17) is 4.74 Å². The Kier molecular flexibility index (Phi) is 8.38. The molecule has 2 fully saturated rings. The highest BCUT2D eigenvalue weighted by molar-refractivity contribution is 5.33. The van der Waals surface area contributed by atoms with Gasteiger partial charge in [0, 0.05) is 0 Å². The van der Waals surface area contributed by atoms with Gasteiger partial charge in [-0.1, -0.05) is 58.9 Å². The lowest BCUT2D eigenvalue weighted by Crippen LogP contribution is -2.29. The largest absolute Gasteiger partial charge is 0.490 e. The van der Waals surface area contributed by atoms with Gasteiger partial charge in [-0.3, -0.25) is 0 Å². The van der Waals surface area contributed by atoms with Crippen molar-refractivity contribution in [3.63, 3.8) is 0 Å². The van der Waals surface area contributed by atoms with Crippen LogP contribution in [0.25, 0.3) is 0 Å². The molecule has 3 heteroatoms. The van der Waals surface area contributed by atoms with Crippen molar-refractivity contribution in [2.75, 3.05) is 6.61 Å². The maximum absolute atomic E-state index is 14.8. The van der Waals surface area contributed by atoms with Gasteiger partial charge >= 0.3 is 0 Å². The first-order chi connectivity index (χ1) is 14.0. The number of hydrogen-bond acceptors (Lipinski definition) is 1. The number of halogens is 2. The van der Waals surface area contributed by atoms with Gasteiger partial charge in [0.15, 0.2) is 11.6 Å². The molecule has 0 aromatic heterocycles. The van der Waals surface area contributed by atoms with E-state index in [1.165, 1.54) is 38.5 Å². The van der Waals surface area contributed by atoms with Crippen LogP contribution in [0.3, 0.4) is 0 Å². The van der Waals surface area contributed by atoms with Gasteiger partial charge in [0.05, 0.1) is 6.61 Å². The quantitative estimate of drug-likeness (QED) is 0.395. The van der Waals surface area contributed by atoms with Crippen LogP contribution in [0, 0.1) is 35.3 Å². The highest BCUT2D eigenvalue weighted by atomic mass is 19.2. The minimum atomic E-state index is -0.804. The fraction of sp³-hybridized carbons (Fsp3) is 0.769. The zero-order chi connectivity index (χ0) is 20.8. The monoisotopic (exact) mass is 406 g/mol. The zero-order valence-corrected chi connectivity index (χ0v) is 18.7. The SMILES string of the molecule is CCCCOc1ccc([C@@H]2CC[C@@H](C3CCC(CCC)CC3)CC2C)c(F)c1F. The summed E-state index contributed by atoms with van der Waals surface area (Å²) in [5.41, 5.74) is 0.558. The molecule has 0 saturated heterocycles. The molecule has 0 heterocycles. The van der Waals surface area contributed by atoms with Gasteiger partial charge in [-0.25, -0.2) is 4.39 Å². The van der Waals surface area contributed by atoms with Crippen molar-refractivity contribution in [3.8, 4) is 5.75 Å². The van der Waals surface area contributed by atoms with Gasteiger partial charge < -0.3 is 4.74 Å². The van der Waals surface area contributed by atoms with Crippen LogP contribution in [0.1, 0.15) is 103 Å². The second kappa shape index (κ2) is 10.8. The van der Waals surface area contributed by atoms with E-state index in [1.807, 2.05) is 0 Å². The van der Waals surface area contributed by atoms with Crippen molar-refractivity contribution in [1.82, 2.24) is 0 Å². The van der Waals surface area contributed by atoms with Crippen LogP contribution in [0.2, 0.25) is 0 Å². The first kappa shape index (κ1) is 22.6. The summed E-state index contributed by atoms with van der Waals surface area (Å²) in [5, 5.41) is 0. The van der Waals surface area contributed by atoms with Gasteiger partial charge in [0.25, 0.3) is 0 Å². The van der Waals surface area contributed by atoms with E-state index < -0.39 is 11.6 Å². The van der Waals surface area contributed by atoms with Crippen molar-refractivity contribution in [2.24, 2.45) is 23.7 Å². The number of benzene rings is 1. The second-order valence-electron chi connectivity index (χ2n) is 9.71. The predicted octanol–water partition coefficient (Wildman–Crippen LogP) is 8.27. The molecule has 1 nitrogen and oxygen atoms in total. The Hall–Kier alpha value is -1.12. The third-order valence-electron chi connectivity index (χ3n) is 7.70. The summed E-state index contributed by atoms with van der Waals surface area (Å²) in [6, 6.07) is 3.41. The van der Waals surface area contributed by atoms with Crippen LogP contribution >= 0.6 is 0 Å². The molecule has 2 saturated carbocycles. The van der Waals surface area contributed by atoms with E-state index in [2.05, 4.69) is 20.8 Å². The second-order valence-corrected chi connectivity index (χ2v) is 9.71. The van der Waals surface area contributed by atoms with Gasteiger partial charge in [-0.2, -0.15) is 4.39 Å². The maximum Gasteiger partial charge on any atom is 0.200 e. The molecule has 3 atom stereocenters. The number of ether oxygens (including phenoxy) is 1. The summed E-state index contributed by atoms with van der Waals surface area (Å²) in [4.78, 5) is 0. The summed E-state index contributed by atoms with van der Waals surface area (Å²) < 4.78 is 34.8. The summed E-state index contributed by atoms with van der Waals surface area (Å²) in [6.07, 6.45) is 13.4. The third kappa shape index (κ3) is 5.52. The zero-order valence-electron chi connectivity index (χ0n) is 18.7. The van der Waals surface area contributed by atoms with E-state index in [0.29, 0.717) is 18.1 Å². The topological polar surface area (TPSA) is 9.23 Å². The Morgan fingerprint density at radius 3 is 2.28 bits per heavy atom. The average Bonchev–Trinajstić information content (AvgIpc) is 2.73. The van der Waals surface area contributed by atoms with Crippen LogP contribution in [0.4, 0.5) is 8.78 Å². The number of unbranched alkanes of at least 4 members (excludes halogenated alkanes) is 1. The lowest BCUT2D eigenvalue weighted by atomic mass is 9.64. The van der Waals surface area contributed by atoms with Crippen molar-refractivity contribution >= 4 is 0 Å². The molecule has 2 aliphatic carbocycles. The summed E-state index contributed by atoms with van der Waals surface area (Å²) in [6.45, 7) is 7.02. The van der Waals surface area contributed by atoms with Crippen LogP contribution in [0.15, 0.2) is 12.1 Å². The van der Waals surface area contributed by atoms with Gasteiger partial charge in [-0.05, 0) is 79.7 Å². The third-order valence-corrected chi connectivity index (χ3v) is 7.70. The lowest BCUT2D eigenvalue weighted by Gasteiger charge is -2.41. The molecule has 164 valence electrons. The van der Waals surface area contributed by atoms with Crippen LogP contribution in [0.5, 0.6) is 5.75 Å². The molecule has 0 aliphatic heterocycles. The Bertz CT molecular complexity index is 636. The molecule has 2 aliphatic rings. The predicted molar refractivity (Wildman–Crippen MR) is 116 cm³/mol. The van der Waals surface area contributed by atoms with E-state index in [0.717, 1.165) is 49.9 Å². The lowest BCUT2D eigenvalue weighted by molar-refractivity contribution is 0.129. The fourth-order valence-corrected chi connectivity index (χ4v) is 5.96. The molecule has 1 unspecified atom stereocenters. The summed E-state index contributed by atoms with van der Waals surface area (Å²) in [7, 11) is 0. The van der Waals surface area contributed by atoms with E-state index in [1.54, 1.807) is 12.1 Å². The smallest absolute Gasteiger partial charge is 0.200 e. The molecule has 0 N–H and O–H groups in total. The van der Waals surface area contributed by atoms with Crippen LogP contribution < -0.4 is 4.74 Å². The van der Waals surface area contributed by atoms with Gasteiger partial charge in [0.2, 0.25) is 5.82 Å². The van der Waals surface area contributed by atoms with E-state index in [-0.39, 0.29) is 11.7 Å². The molecule has 0 radical (unpaired) electrons. The first-order valence-corrected chi connectivity index (χ1v) is 12.2. The minimum absolute atomic E-state index is 0.0601. The Balaban J connectivity index is 1.59. The van der Waals surface area contributed by atoms with E-state index >= 15 is 0 Å². The molecule has 0 spiro atoms. The molecular weight excluding hydrogens is 366 g/mol. The fourth-order valence-electron chi connectivity index (χ4n) is 5.96. The maximum atomic E-state index is 14.8. The van der Waals surface area contributed by atoms with Crippen molar-refractivity contribution in [3.05, 3.63) is 29.3 Å². The molecular formula is C26H40F2O. The summed E-state index contributed by atoms with van der Waals surface area (Å²) in [5.74, 6) is 1.67. The molecule has 1 aromatic rings. The number of rotatable bonds is 8. The van der Waals surface area contributed by atoms with Crippen molar-refractivity contribution in [2.45, 2.75) is 97.3 Å². The van der Waals surface area contributed by atoms with Crippen molar-refractivity contribution in [1.29, 1.82) is 0 Å². The highest BCUT2D eigenvalue weighted by Gasteiger charge is 2.36. The number of hydrogen-bond donors (Lipinski definition) is 0. The standard InChI is InChI=1S/C26H40F2O/c1-4-6-16-29-24-15-14-23(25(27)26(24)28)22-13-12-21(17-18(22)3)20-10-8-19(7-5-2)9-11-20/h14-15,18-22H,4-13,16-17H2,1-3H3/t18?,19?,20?,21-,22-/m1/s1. The Labute approximate surface area is 176 Å². The normalized spacial score (nSPS) is 30.3. The Morgan fingerprint density at radius 2 is 1.62 bits per heavy atom.